The molecule has 1 aromatic carbocycles. The quantitative estimate of drug-likeness (QED) is 0.587. The number of hydrogen-bond donors (Lipinski definition) is 3. The zero-order valence-electron chi connectivity index (χ0n) is 15.3. The van der Waals surface area contributed by atoms with Crippen molar-refractivity contribution in [3.05, 3.63) is 29.8 Å². The number of halogens is 4. The molecule has 0 aliphatic carbocycles. The van der Waals surface area contributed by atoms with Gasteiger partial charge in [0.1, 0.15) is 0 Å². The third-order valence-electron chi connectivity index (χ3n) is 3.64. The van der Waals surface area contributed by atoms with E-state index < -0.39 is 44.6 Å². The Morgan fingerprint density at radius 3 is 2.33 bits per heavy atom. The van der Waals surface area contributed by atoms with Gasteiger partial charge in [-0.25, -0.2) is 13.1 Å². The van der Waals surface area contributed by atoms with Crippen LogP contribution in [0.25, 0.3) is 0 Å². The number of rotatable bonds is 8. The molecule has 0 aliphatic heterocycles. The Labute approximate surface area is 163 Å². The Balaban J connectivity index is 0.00000676. The molecule has 0 aliphatic rings. The van der Waals surface area contributed by atoms with Crippen molar-refractivity contribution in [3.8, 4) is 0 Å². The molecule has 0 heterocycles. The summed E-state index contributed by atoms with van der Waals surface area (Å²) in [6, 6.07) is 3.30. The van der Waals surface area contributed by atoms with Crippen LogP contribution in [0.2, 0.25) is 0 Å². The maximum absolute atomic E-state index is 12.7. The van der Waals surface area contributed by atoms with Gasteiger partial charge in [-0.2, -0.15) is 13.2 Å². The first kappa shape index (κ1) is 25.6. The van der Waals surface area contributed by atoms with Gasteiger partial charge in [0.25, 0.3) is 0 Å². The molecule has 11 heteroatoms. The molecule has 0 fully saturated rings. The topological polar surface area (TPSA) is 101 Å². The van der Waals surface area contributed by atoms with Crippen LogP contribution in [0.15, 0.2) is 29.2 Å². The number of alkyl halides is 3. The van der Waals surface area contributed by atoms with Gasteiger partial charge in [-0.1, -0.05) is 19.9 Å². The van der Waals surface area contributed by atoms with E-state index in [1.807, 2.05) is 18.6 Å². The fourth-order valence-corrected chi connectivity index (χ4v) is 3.58. The van der Waals surface area contributed by atoms with E-state index in [2.05, 4.69) is 5.32 Å². The normalized spacial score (nSPS) is 14.4. The van der Waals surface area contributed by atoms with Gasteiger partial charge in [0.15, 0.2) is 0 Å². The molecule has 0 saturated carbocycles. The van der Waals surface area contributed by atoms with Crippen LogP contribution in [-0.4, -0.2) is 33.0 Å². The Kier molecular flexibility index (Phi) is 9.23. The highest BCUT2D eigenvalue weighted by Crippen LogP contribution is 2.30. The van der Waals surface area contributed by atoms with Gasteiger partial charge >= 0.3 is 6.18 Å². The van der Waals surface area contributed by atoms with Crippen molar-refractivity contribution in [2.45, 2.75) is 43.8 Å². The second-order valence-corrected chi connectivity index (χ2v) is 8.53. The predicted molar refractivity (Wildman–Crippen MR) is 98.9 cm³/mol. The van der Waals surface area contributed by atoms with Crippen LogP contribution in [0.3, 0.4) is 0 Å². The number of hydrogen-bond acceptors (Lipinski definition) is 4. The molecule has 1 rings (SSSR count). The Hall–Kier alpha value is -1.36. The number of carbonyl (C=O) groups excluding carboxylic acids is 1. The summed E-state index contributed by atoms with van der Waals surface area (Å²) in [6.07, 6.45) is -4.07. The van der Waals surface area contributed by atoms with E-state index in [9.17, 15) is 26.4 Å². The molecule has 0 saturated heterocycles. The van der Waals surface area contributed by atoms with E-state index in [-0.39, 0.29) is 24.9 Å². The smallest absolute Gasteiger partial charge is 0.349 e. The molecule has 0 aromatic heterocycles. The molecule has 27 heavy (non-hydrogen) atoms. The minimum Gasteiger partial charge on any atom is -0.349 e. The highest BCUT2D eigenvalue weighted by atomic mass is 35.5. The lowest BCUT2D eigenvalue weighted by Gasteiger charge is -2.31. The molecular formula is C16H25ClF3N3O3S. The number of sulfonamides is 1. The van der Waals surface area contributed by atoms with Crippen molar-refractivity contribution in [2.75, 3.05) is 13.1 Å². The minimum absolute atomic E-state index is 0. The largest absolute Gasteiger partial charge is 0.416 e. The molecule has 0 radical (unpaired) electrons. The molecule has 1 amide bonds. The van der Waals surface area contributed by atoms with Gasteiger partial charge in [-0.15, -0.1) is 12.4 Å². The Morgan fingerprint density at radius 1 is 1.26 bits per heavy atom. The number of nitrogens with two attached hydrogens (primary N) is 1. The summed E-state index contributed by atoms with van der Waals surface area (Å²) >= 11 is 0. The molecule has 6 nitrogen and oxygen atoms in total. The van der Waals surface area contributed by atoms with Crippen LogP contribution in [0.4, 0.5) is 13.2 Å². The maximum Gasteiger partial charge on any atom is 0.416 e. The third-order valence-corrected chi connectivity index (χ3v) is 5.04. The second-order valence-electron chi connectivity index (χ2n) is 6.76. The summed E-state index contributed by atoms with van der Waals surface area (Å²) < 4.78 is 64.4. The molecule has 0 spiro atoms. The number of carbonyl (C=O) groups is 1. The van der Waals surface area contributed by atoms with Crippen LogP contribution in [0.1, 0.15) is 32.8 Å². The van der Waals surface area contributed by atoms with Crippen LogP contribution < -0.4 is 15.8 Å². The van der Waals surface area contributed by atoms with Gasteiger partial charge in [-0.05, 0) is 37.5 Å². The Bertz CT molecular complexity index is 742. The van der Waals surface area contributed by atoms with Gasteiger partial charge in [0, 0.05) is 12.1 Å². The lowest BCUT2D eigenvalue weighted by atomic mass is 9.91. The first-order chi connectivity index (χ1) is 11.8. The van der Waals surface area contributed by atoms with Crippen LogP contribution in [0, 0.1) is 5.92 Å². The van der Waals surface area contributed by atoms with Gasteiger partial charge in [0.05, 0.1) is 17.0 Å². The van der Waals surface area contributed by atoms with Crippen molar-refractivity contribution in [1.82, 2.24) is 10.0 Å². The molecule has 1 atom stereocenters. The molecule has 1 aromatic rings. The fourth-order valence-electron chi connectivity index (χ4n) is 2.55. The summed E-state index contributed by atoms with van der Waals surface area (Å²) in [4.78, 5) is 11.5. The first-order valence-electron chi connectivity index (χ1n) is 7.97. The zero-order chi connectivity index (χ0) is 20.2. The van der Waals surface area contributed by atoms with E-state index in [1.54, 1.807) is 6.92 Å². The SMILES string of the molecule is CC(C)CC(C)(CN)NC(=O)CNS(=O)(=O)c1cccc(C(F)(F)F)c1.Cl. The number of amides is 1. The van der Waals surface area contributed by atoms with Crippen LogP contribution in [0.5, 0.6) is 0 Å². The van der Waals surface area contributed by atoms with E-state index in [0.29, 0.717) is 12.5 Å². The first-order valence-corrected chi connectivity index (χ1v) is 9.45. The van der Waals surface area contributed by atoms with E-state index >= 15 is 0 Å². The van der Waals surface area contributed by atoms with E-state index in [1.165, 1.54) is 0 Å². The molecule has 0 bridgehead atoms. The fraction of sp³-hybridized carbons (Fsp3) is 0.562. The monoisotopic (exact) mass is 431 g/mol. The van der Waals surface area contributed by atoms with Crippen molar-refractivity contribution in [2.24, 2.45) is 11.7 Å². The lowest BCUT2D eigenvalue weighted by molar-refractivity contribution is -0.137. The highest BCUT2D eigenvalue weighted by molar-refractivity contribution is 7.89. The predicted octanol–water partition coefficient (Wildman–Crippen LogP) is 2.29. The summed E-state index contributed by atoms with van der Waals surface area (Å²) in [5.41, 5.74) is 3.89. The third kappa shape index (κ3) is 8.04. The van der Waals surface area contributed by atoms with Crippen molar-refractivity contribution in [1.29, 1.82) is 0 Å². The summed E-state index contributed by atoms with van der Waals surface area (Å²) in [5.74, 6) is -0.361. The second kappa shape index (κ2) is 9.72. The highest BCUT2D eigenvalue weighted by Gasteiger charge is 2.32. The van der Waals surface area contributed by atoms with Crippen molar-refractivity contribution >= 4 is 28.3 Å². The van der Waals surface area contributed by atoms with Crippen molar-refractivity contribution in [3.63, 3.8) is 0 Å². The number of benzene rings is 1. The van der Waals surface area contributed by atoms with Gasteiger partial charge < -0.3 is 11.1 Å². The zero-order valence-corrected chi connectivity index (χ0v) is 16.9. The van der Waals surface area contributed by atoms with E-state index in [4.69, 9.17) is 5.73 Å². The minimum atomic E-state index is -4.66. The lowest BCUT2D eigenvalue weighted by Crippen LogP contribution is -2.54. The standard InChI is InChI=1S/C16H24F3N3O3S.ClH/c1-11(2)8-15(3,10-20)22-14(23)9-21-26(24,25)13-6-4-5-12(7-13)16(17,18)19;/h4-7,11,21H,8-10,20H2,1-3H3,(H,22,23);1H. The summed E-state index contributed by atoms with van der Waals surface area (Å²) in [7, 11) is -4.27. The van der Waals surface area contributed by atoms with Gasteiger partial charge in [0.2, 0.25) is 15.9 Å². The van der Waals surface area contributed by atoms with Crippen LogP contribution >= 0.6 is 12.4 Å². The van der Waals surface area contributed by atoms with Crippen LogP contribution in [-0.2, 0) is 21.0 Å². The summed E-state index contributed by atoms with van der Waals surface area (Å²) in [5, 5.41) is 2.66. The average Bonchev–Trinajstić information content (AvgIpc) is 2.51. The van der Waals surface area contributed by atoms with Crippen molar-refractivity contribution < 1.29 is 26.4 Å². The molecule has 1 unspecified atom stereocenters. The maximum atomic E-state index is 12.7. The summed E-state index contributed by atoms with van der Waals surface area (Å²) in [6.45, 7) is 5.21. The number of nitrogens with one attached hydrogen (secondary N) is 2. The Morgan fingerprint density at radius 2 is 1.85 bits per heavy atom. The molecule has 4 N–H and O–H groups in total. The molecular weight excluding hydrogens is 407 g/mol. The van der Waals surface area contributed by atoms with Gasteiger partial charge in [-0.3, -0.25) is 4.79 Å². The molecule has 156 valence electrons. The average molecular weight is 432 g/mol. The van der Waals surface area contributed by atoms with E-state index in [0.717, 1.165) is 18.2 Å².